The van der Waals surface area contributed by atoms with Crippen LogP contribution in [-0.4, -0.2) is 41.8 Å². The Balaban J connectivity index is 0.00000280. The summed E-state index contributed by atoms with van der Waals surface area (Å²) < 4.78 is 5.37. The summed E-state index contributed by atoms with van der Waals surface area (Å²) >= 11 is 6.27. The van der Waals surface area contributed by atoms with E-state index in [9.17, 15) is 0 Å². The molecule has 0 radical (unpaired) electrons. The van der Waals surface area contributed by atoms with Gasteiger partial charge in [0.1, 0.15) is 12.4 Å². The van der Waals surface area contributed by atoms with Crippen LogP contribution in [0, 0.1) is 0 Å². The summed E-state index contributed by atoms with van der Waals surface area (Å²) in [6.07, 6.45) is 2.77. The van der Waals surface area contributed by atoms with Crippen molar-refractivity contribution in [1.29, 1.82) is 0 Å². The second kappa shape index (κ2) is 10.8. The first-order valence-electron chi connectivity index (χ1n) is 9.42. The maximum atomic E-state index is 6.27. The van der Waals surface area contributed by atoms with E-state index in [1.165, 1.54) is 0 Å². The number of anilines is 1. The number of rotatable bonds is 6. The van der Waals surface area contributed by atoms with Crippen molar-refractivity contribution in [1.82, 2.24) is 20.8 Å². The summed E-state index contributed by atoms with van der Waals surface area (Å²) in [4.78, 5) is 11.2. The van der Waals surface area contributed by atoms with Crippen LogP contribution in [0.3, 0.4) is 0 Å². The molecule has 1 saturated heterocycles. The van der Waals surface area contributed by atoms with Gasteiger partial charge in [-0.25, -0.2) is 9.98 Å². The number of hydrogen-bond acceptors (Lipinski definition) is 5. The zero-order valence-corrected chi connectivity index (χ0v) is 19.6. The third-order valence-electron chi connectivity index (χ3n) is 4.47. The van der Waals surface area contributed by atoms with Crippen molar-refractivity contribution in [2.24, 2.45) is 4.99 Å². The molecule has 1 unspecified atom stereocenters. The lowest BCUT2D eigenvalue weighted by Crippen LogP contribution is -2.44. The molecule has 1 atom stereocenters. The Morgan fingerprint density at radius 2 is 2.29 bits per heavy atom. The highest BCUT2D eigenvalue weighted by Crippen LogP contribution is 2.25. The van der Waals surface area contributed by atoms with Crippen LogP contribution in [0.1, 0.15) is 44.6 Å². The first-order chi connectivity index (χ1) is 13.1. The Morgan fingerprint density at radius 3 is 2.96 bits per heavy atom. The largest absolute Gasteiger partial charge is 0.359 e. The number of hydrogen-bond donors (Lipinski definition) is 2. The van der Waals surface area contributed by atoms with E-state index in [0.717, 1.165) is 49.3 Å². The van der Waals surface area contributed by atoms with E-state index >= 15 is 0 Å². The van der Waals surface area contributed by atoms with Crippen LogP contribution in [0.2, 0.25) is 5.02 Å². The molecular formula is C19H28ClIN6O. The molecule has 9 heteroatoms. The van der Waals surface area contributed by atoms with Crippen LogP contribution in [0.5, 0.6) is 0 Å². The minimum Gasteiger partial charge on any atom is -0.359 e. The molecule has 0 aliphatic carbocycles. The average molecular weight is 519 g/mol. The van der Waals surface area contributed by atoms with Crippen molar-refractivity contribution in [2.75, 3.05) is 24.5 Å². The number of aliphatic imine (C=N–C) groups is 1. The Bertz CT molecular complexity index is 781. The minimum absolute atomic E-state index is 0. The third-order valence-corrected chi connectivity index (χ3v) is 4.77. The lowest BCUT2D eigenvalue weighted by molar-refractivity contribution is 0.376. The van der Waals surface area contributed by atoms with Gasteiger partial charge in [-0.1, -0.05) is 30.6 Å². The van der Waals surface area contributed by atoms with E-state index in [-0.39, 0.29) is 30.0 Å². The molecule has 1 aliphatic heterocycles. The Hall–Kier alpha value is -1.55. The average Bonchev–Trinajstić information content (AvgIpc) is 3.30. The maximum absolute atomic E-state index is 6.27. The van der Waals surface area contributed by atoms with Gasteiger partial charge in [0.25, 0.3) is 0 Å². The molecule has 154 valence electrons. The van der Waals surface area contributed by atoms with Crippen LogP contribution in [0.4, 0.5) is 5.82 Å². The van der Waals surface area contributed by atoms with E-state index in [0.29, 0.717) is 17.5 Å². The van der Waals surface area contributed by atoms with Gasteiger partial charge in [-0.15, -0.1) is 24.0 Å². The zero-order chi connectivity index (χ0) is 19.2. The molecule has 7 nitrogen and oxygen atoms in total. The molecule has 2 N–H and O–H groups in total. The van der Waals surface area contributed by atoms with Crippen molar-refractivity contribution in [2.45, 2.75) is 45.7 Å². The molecule has 0 amide bonds. The molecule has 2 aromatic heterocycles. The number of guanidine groups is 1. The number of aromatic nitrogens is 2. The van der Waals surface area contributed by atoms with Crippen molar-refractivity contribution in [3.8, 4) is 0 Å². The van der Waals surface area contributed by atoms with Crippen molar-refractivity contribution >= 4 is 47.4 Å². The van der Waals surface area contributed by atoms with Crippen LogP contribution in [0.25, 0.3) is 0 Å². The van der Waals surface area contributed by atoms with E-state index in [2.05, 4.69) is 51.4 Å². The van der Waals surface area contributed by atoms with Gasteiger partial charge in [0, 0.05) is 37.9 Å². The molecule has 2 aromatic rings. The fourth-order valence-electron chi connectivity index (χ4n) is 3.03. The van der Waals surface area contributed by atoms with E-state index in [1.54, 1.807) is 6.20 Å². The second-order valence-corrected chi connectivity index (χ2v) is 7.36. The summed E-state index contributed by atoms with van der Waals surface area (Å²) in [5.74, 6) is 2.73. The zero-order valence-electron chi connectivity index (χ0n) is 16.5. The van der Waals surface area contributed by atoms with Crippen LogP contribution in [0.15, 0.2) is 33.9 Å². The first kappa shape index (κ1) is 22.7. The molecule has 0 aromatic carbocycles. The molecule has 28 heavy (non-hydrogen) atoms. The van der Waals surface area contributed by atoms with Gasteiger partial charge in [-0.3, -0.25) is 0 Å². The summed E-state index contributed by atoms with van der Waals surface area (Å²) in [5.41, 5.74) is 0.955. The van der Waals surface area contributed by atoms with Crippen molar-refractivity contribution in [3.05, 3.63) is 40.9 Å². The molecule has 0 saturated carbocycles. The highest BCUT2D eigenvalue weighted by molar-refractivity contribution is 14.0. The molecule has 1 aliphatic rings. The summed E-state index contributed by atoms with van der Waals surface area (Å²) in [7, 11) is 0. The van der Waals surface area contributed by atoms with Gasteiger partial charge < -0.3 is 20.1 Å². The van der Waals surface area contributed by atoms with Gasteiger partial charge in [-0.05, 0) is 31.4 Å². The Kier molecular flexibility index (Phi) is 8.81. The summed E-state index contributed by atoms with van der Waals surface area (Å²) in [6, 6.07) is 5.97. The van der Waals surface area contributed by atoms with Gasteiger partial charge in [0.15, 0.2) is 11.7 Å². The normalized spacial score (nSPS) is 17.0. The van der Waals surface area contributed by atoms with E-state index in [1.807, 2.05) is 18.2 Å². The maximum Gasteiger partial charge on any atom is 0.191 e. The van der Waals surface area contributed by atoms with Gasteiger partial charge in [0.05, 0.1) is 10.7 Å². The van der Waals surface area contributed by atoms with Gasteiger partial charge >= 0.3 is 0 Å². The Labute approximate surface area is 188 Å². The minimum atomic E-state index is 0. The highest BCUT2D eigenvalue weighted by atomic mass is 127. The third kappa shape index (κ3) is 5.97. The Morgan fingerprint density at radius 1 is 1.46 bits per heavy atom. The summed E-state index contributed by atoms with van der Waals surface area (Å²) in [5, 5.41) is 11.6. The van der Waals surface area contributed by atoms with Crippen LogP contribution < -0.4 is 15.5 Å². The van der Waals surface area contributed by atoms with E-state index < -0.39 is 0 Å². The topological polar surface area (TPSA) is 78.6 Å². The van der Waals surface area contributed by atoms with E-state index in [4.69, 9.17) is 16.1 Å². The lowest BCUT2D eigenvalue weighted by atomic mass is 10.1. The quantitative estimate of drug-likeness (QED) is 0.344. The van der Waals surface area contributed by atoms with Gasteiger partial charge in [0.2, 0.25) is 0 Å². The monoisotopic (exact) mass is 518 g/mol. The molecule has 0 bridgehead atoms. The second-order valence-electron chi connectivity index (χ2n) is 6.95. The highest BCUT2D eigenvalue weighted by Gasteiger charge is 2.25. The number of halogens is 2. The molecule has 0 spiro atoms. The molecular weight excluding hydrogens is 491 g/mol. The fourth-order valence-corrected chi connectivity index (χ4v) is 3.27. The smallest absolute Gasteiger partial charge is 0.191 e. The molecule has 3 rings (SSSR count). The SMILES string of the molecule is CCNC(=NCc1cc(C(C)C)no1)NC1CCN(c2ncccc2Cl)C1.I. The van der Waals surface area contributed by atoms with Gasteiger partial charge in [-0.2, -0.15) is 0 Å². The van der Waals surface area contributed by atoms with Crippen molar-refractivity contribution in [3.63, 3.8) is 0 Å². The van der Waals surface area contributed by atoms with Crippen LogP contribution in [-0.2, 0) is 6.54 Å². The lowest BCUT2D eigenvalue weighted by Gasteiger charge is -2.20. The molecule has 1 fully saturated rings. The fraction of sp³-hybridized carbons (Fsp3) is 0.526. The predicted molar refractivity (Wildman–Crippen MR) is 124 cm³/mol. The first-order valence-corrected chi connectivity index (χ1v) is 9.80. The number of pyridine rings is 1. The molecule has 3 heterocycles. The van der Waals surface area contributed by atoms with Crippen LogP contribution >= 0.6 is 35.6 Å². The number of nitrogens with zero attached hydrogens (tertiary/aromatic N) is 4. The standard InChI is InChI=1S/C19H27ClN6O.HI/c1-4-21-19(23-11-15-10-17(13(2)3)25-27-15)24-14-7-9-26(12-14)18-16(20)6-5-8-22-18;/h5-6,8,10,13-14H,4,7,9,11-12H2,1-3H3,(H2,21,23,24);1H. The van der Waals surface area contributed by atoms with Crippen molar-refractivity contribution < 1.29 is 4.52 Å². The number of nitrogens with one attached hydrogen (secondary N) is 2. The predicted octanol–water partition coefficient (Wildman–Crippen LogP) is 3.80. The summed E-state index contributed by atoms with van der Waals surface area (Å²) in [6.45, 7) is 9.23.